The number of benzene rings is 1. The zero-order valence-electron chi connectivity index (χ0n) is 13.7. The lowest BCUT2D eigenvalue weighted by atomic mass is 9.98. The lowest BCUT2D eigenvalue weighted by Gasteiger charge is -2.17. The number of aromatic hydroxyl groups is 2. The summed E-state index contributed by atoms with van der Waals surface area (Å²) in [6.07, 6.45) is 4.51. The Labute approximate surface area is 150 Å². The van der Waals surface area contributed by atoms with Gasteiger partial charge in [0.2, 0.25) is 0 Å². The number of cyclic esters (lactones) is 1. The first-order valence-corrected chi connectivity index (χ1v) is 8.52. The maximum Gasteiger partial charge on any atom is 0.342 e. The van der Waals surface area contributed by atoms with Crippen molar-refractivity contribution in [1.82, 2.24) is 0 Å². The summed E-state index contributed by atoms with van der Waals surface area (Å²) >= 11 is 6.08. The van der Waals surface area contributed by atoms with Gasteiger partial charge in [0.1, 0.15) is 35.1 Å². The lowest BCUT2D eigenvalue weighted by molar-refractivity contribution is -0.118. The molecule has 0 bridgehead atoms. The average molecular weight is 367 g/mol. The van der Waals surface area contributed by atoms with Crippen molar-refractivity contribution in [2.24, 2.45) is 0 Å². The number of ether oxygens (including phenoxy) is 2. The molecule has 3 unspecified atom stereocenters. The van der Waals surface area contributed by atoms with Crippen LogP contribution in [-0.4, -0.2) is 40.3 Å². The van der Waals surface area contributed by atoms with Crippen LogP contribution in [-0.2, 0) is 20.7 Å². The number of Topliss-reactive ketones (excluding diaryl/α,β-unsaturated/α-hetero) is 1. The number of rotatable bonds is 0. The van der Waals surface area contributed by atoms with Crippen molar-refractivity contribution in [2.45, 2.75) is 50.9 Å². The Kier molecular flexibility index (Phi) is 5.01. The number of esters is 1. The van der Waals surface area contributed by atoms with Crippen LogP contribution >= 0.6 is 11.6 Å². The fraction of sp³-hybridized carbons (Fsp3) is 0.444. The van der Waals surface area contributed by atoms with Crippen LogP contribution in [0.1, 0.15) is 42.1 Å². The zero-order chi connectivity index (χ0) is 18.1. The molecule has 1 aromatic rings. The number of hydrogen-bond acceptors (Lipinski definition) is 6. The van der Waals surface area contributed by atoms with E-state index in [1.54, 1.807) is 6.92 Å². The van der Waals surface area contributed by atoms with Crippen LogP contribution in [0, 0.1) is 0 Å². The highest BCUT2D eigenvalue weighted by Crippen LogP contribution is 2.38. The van der Waals surface area contributed by atoms with Gasteiger partial charge in [-0.25, -0.2) is 4.79 Å². The Morgan fingerprint density at radius 2 is 2.00 bits per heavy atom. The molecule has 7 heteroatoms. The second-order valence-corrected chi connectivity index (χ2v) is 6.73. The van der Waals surface area contributed by atoms with Gasteiger partial charge in [0.05, 0.1) is 11.1 Å². The van der Waals surface area contributed by atoms with Gasteiger partial charge in [0.25, 0.3) is 0 Å². The first-order chi connectivity index (χ1) is 11.9. The highest BCUT2D eigenvalue weighted by atomic mass is 35.5. The predicted octanol–water partition coefficient (Wildman–Crippen LogP) is 2.92. The number of phenols is 2. The smallest absolute Gasteiger partial charge is 0.342 e. The molecule has 1 saturated heterocycles. The van der Waals surface area contributed by atoms with Gasteiger partial charge in [-0.15, -0.1) is 0 Å². The zero-order valence-corrected chi connectivity index (χ0v) is 14.5. The summed E-state index contributed by atoms with van der Waals surface area (Å²) in [5.41, 5.74) is -0.0909. The molecule has 134 valence electrons. The standard InChI is InChI=1S/C18H19ClO6/c1-9-6-15-14(25-15)5-3-2-4-10(20)7-11-16(18(23)24-9)12(21)8-13(22)17(11)19/h3,5,8-9,14-15,21-22H,2,4,6-7H2,1H3/b5-3-. The van der Waals surface area contributed by atoms with Gasteiger partial charge >= 0.3 is 5.97 Å². The maximum absolute atomic E-state index is 12.5. The number of carbonyl (C=O) groups is 2. The molecular formula is C18H19ClO6. The van der Waals surface area contributed by atoms with Gasteiger partial charge < -0.3 is 19.7 Å². The van der Waals surface area contributed by atoms with Crippen LogP contribution in [0.15, 0.2) is 18.2 Å². The Bertz CT molecular complexity index is 742. The minimum atomic E-state index is -0.778. The van der Waals surface area contributed by atoms with Crippen molar-refractivity contribution >= 4 is 23.4 Å². The highest BCUT2D eigenvalue weighted by Gasteiger charge is 2.38. The van der Waals surface area contributed by atoms with E-state index >= 15 is 0 Å². The molecule has 0 aromatic heterocycles. The summed E-state index contributed by atoms with van der Waals surface area (Å²) in [6, 6.07) is 0.976. The molecule has 2 heterocycles. The number of hydrogen-bond donors (Lipinski definition) is 2. The Balaban J connectivity index is 1.96. The van der Waals surface area contributed by atoms with Crippen LogP contribution in [0.3, 0.4) is 0 Å². The minimum absolute atomic E-state index is 0.00808. The predicted molar refractivity (Wildman–Crippen MR) is 90.0 cm³/mol. The third kappa shape index (κ3) is 3.96. The van der Waals surface area contributed by atoms with Crippen molar-refractivity contribution in [3.8, 4) is 11.5 Å². The highest BCUT2D eigenvalue weighted by molar-refractivity contribution is 6.33. The van der Waals surface area contributed by atoms with E-state index in [1.165, 1.54) is 0 Å². The van der Waals surface area contributed by atoms with E-state index in [1.807, 2.05) is 12.2 Å². The number of allylic oxidation sites excluding steroid dienone is 1. The van der Waals surface area contributed by atoms with Crippen LogP contribution < -0.4 is 0 Å². The minimum Gasteiger partial charge on any atom is -0.507 e. The molecule has 3 rings (SSSR count). The van der Waals surface area contributed by atoms with Gasteiger partial charge in [-0.2, -0.15) is 0 Å². The van der Waals surface area contributed by atoms with Crippen LogP contribution in [0.2, 0.25) is 5.02 Å². The van der Waals surface area contributed by atoms with Gasteiger partial charge in [-0.3, -0.25) is 4.79 Å². The molecule has 0 radical (unpaired) electrons. The first kappa shape index (κ1) is 17.8. The van der Waals surface area contributed by atoms with E-state index < -0.39 is 17.8 Å². The molecule has 1 aromatic carbocycles. The van der Waals surface area contributed by atoms with Crippen LogP contribution in [0.5, 0.6) is 11.5 Å². The number of ketones is 1. The fourth-order valence-corrected chi connectivity index (χ4v) is 3.19. The van der Waals surface area contributed by atoms with Crippen molar-refractivity contribution in [2.75, 3.05) is 0 Å². The van der Waals surface area contributed by atoms with Crippen LogP contribution in [0.25, 0.3) is 0 Å². The molecule has 3 atom stereocenters. The number of carbonyl (C=O) groups excluding carboxylic acids is 2. The normalized spacial score (nSPS) is 28.3. The van der Waals surface area contributed by atoms with Gasteiger partial charge in [-0.1, -0.05) is 23.8 Å². The number of fused-ring (bicyclic) bond motifs is 2. The molecule has 0 aliphatic carbocycles. The summed E-state index contributed by atoms with van der Waals surface area (Å²) in [5.74, 6) is -1.79. The third-order valence-electron chi connectivity index (χ3n) is 4.31. The summed E-state index contributed by atoms with van der Waals surface area (Å²) in [7, 11) is 0. The van der Waals surface area contributed by atoms with Crippen molar-refractivity contribution in [3.63, 3.8) is 0 Å². The molecular weight excluding hydrogens is 348 g/mol. The molecule has 6 nitrogen and oxygen atoms in total. The Hall–Kier alpha value is -2.05. The molecule has 25 heavy (non-hydrogen) atoms. The lowest BCUT2D eigenvalue weighted by Crippen LogP contribution is -2.20. The van der Waals surface area contributed by atoms with E-state index in [4.69, 9.17) is 21.1 Å². The largest absolute Gasteiger partial charge is 0.507 e. The van der Waals surface area contributed by atoms with E-state index in [2.05, 4.69) is 0 Å². The number of phenolic OH excluding ortho intramolecular Hbond substituents is 2. The van der Waals surface area contributed by atoms with Crippen molar-refractivity contribution in [1.29, 1.82) is 0 Å². The topological polar surface area (TPSA) is 96.4 Å². The average Bonchev–Trinajstić information content (AvgIpc) is 3.25. The third-order valence-corrected chi connectivity index (χ3v) is 4.73. The second-order valence-electron chi connectivity index (χ2n) is 6.36. The van der Waals surface area contributed by atoms with Gasteiger partial charge in [0.15, 0.2) is 0 Å². The summed E-state index contributed by atoms with van der Waals surface area (Å²) in [4.78, 5) is 24.7. The number of halogens is 1. The summed E-state index contributed by atoms with van der Waals surface area (Å²) < 4.78 is 10.9. The fourth-order valence-electron chi connectivity index (χ4n) is 2.97. The molecule has 2 aliphatic rings. The van der Waals surface area contributed by atoms with E-state index in [-0.39, 0.29) is 52.7 Å². The molecule has 0 spiro atoms. The molecule has 1 fully saturated rings. The van der Waals surface area contributed by atoms with E-state index in [0.29, 0.717) is 12.8 Å². The Morgan fingerprint density at radius 1 is 1.24 bits per heavy atom. The monoisotopic (exact) mass is 366 g/mol. The van der Waals surface area contributed by atoms with Crippen LogP contribution in [0.4, 0.5) is 0 Å². The quantitative estimate of drug-likeness (QED) is 0.416. The maximum atomic E-state index is 12.5. The Morgan fingerprint density at radius 3 is 2.76 bits per heavy atom. The van der Waals surface area contributed by atoms with Crippen molar-refractivity contribution < 1.29 is 29.3 Å². The summed E-state index contributed by atoms with van der Waals surface area (Å²) in [5, 5.41) is 19.8. The molecule has 2 aliphatic heterocycles. The summed E-state index contributed by atoms with van der Waals surface area (Å²) in [6.45, 7) is 1.73. The SMILES string of the molecule is CC1CC2OC2/C=C\CCC(=O)Cc2c(Cl)c(O)cc(O)c2C(=O)O1. The molecule has 2 N–H and O–H groups in total. The molecule has 0 saturated carbocycles. The molecule has 0 amide bonds. The second kappa shape index (κ2) is 7.06. The van der Waals surface area contributed by atoms with Gasteiger partial charge in [0, 0.05) is 30.9 Å². The first-order valence-electron chi connectivity index (χ1n) is 8.15. The van der Waals surface area contributed by atoms with E-state index in [9.17, 15) is 19.8 Å². The van der Waals surface area contributed by atoms with Gasteiger partial charge in [-0.05, 0) is 13.3 Å². The number of epoxide rings is 1. The van der Waals surface area contributed by atoms with E-state index in [0.717, 1.165) is 6.07 Å². The van der Waals surface area contributed by atoms with Crippen molar-refractivity contribution in [3.05, 3.63) is 34.4 Å².